The minimum Gasteiger partial charge on any atom is -0.444 e. The molecule has 4 heteroatoms. The third-order valence-corrected chi connectivity index (χ3v) is 4.87. The maximum atomic E-state index is 12.2. The Labute approximate surface area is 157 Å². The number of carbonyl (C=O) groups is 1. The number of carbonyl (C=O) groups excluding carboxylic acids is 1. The van der Waals surface area contributed by atoms with E-state index in [1.54, 1.807) is 24.3 Å². The third-order valence-electron chi connectivity index (χ3n) is 4.62. The van der Waals surface area contributed by atoms with E-state index in [4.69, 9.17) is 16.3 Å². The standard InChI is InChI=1S/C22H18ClNO2/c23-17-9-11-18(12-10-17)24-22(25)26-14-21-19-7-3-1-5-15(19)13-16-6-2-4-8-20(16)21/h1,3-12H,2,13-14H2,(H,24,25). The monoisotopic (exact) mass is 363 g/mol. The molecule has 3 nitrogen and oxygen atoms in total. The Kier molecular flexibility index (Phi) is 4.63. The lowest BCUT2D eigenvalue weighted by Crippen LogP contribution is -2.18. The molecule has 0 radical (unpaired) electrons. The number of hydrogen-bond donors (Lipinski definition) is 1. The zero-order chi connectivity index (χ0) is 17.9. The number of amides is 1. The first-order valence-electron chi connectivity index (χ1n) is 8.57. The summed E-state index contributed by atoms with van der Waals surface area (Å²) in [6.45, 7) is 0.230. The first kappa shape index (κ1) is 16.7. The minimum atomic E-state index is -0.478. The normalized spacial score (nSPS) is 15.0. The fraction of sp³-hybridized carbons (Fsp3) is 0.136. The summed E-state index contributed by atoms with van der Waals surface area (Å²) in [5.74, 6) is 0. The van der Waals surface area contributed by atoms with Gasteiger partial charge in [0, 0.05) is 16.3 Å². The second-order valence-electron chi connectivity index (χ2n) is 6.30. The van der Waals surface area contributed by atoms with Gasteiger partial charge in [0.15, 0.2) is 0 Å². The average Bonchev–Trinajstić information content (AvgIpc) is 2.67. The van der Waals surface area contributed by atoms with Gasteiger partial charge in [-0.3, -0.25) is 5.32 Å². The summed E-state index contributed by atoms with van der Waals surface area (Å²) < 4.78 is 5.52. The van der Waals surface area contributed by atoms with E-state index in [1.807, 2.05) is 6.07 Å². The smallest absolute Gasteiger partial charge is 0.411 e. The van der Waals surface area contributed by atoms with Crippen LogP contribution in [-0.4, -0.2) is 12.7 Å². The Morgan fingerprint density at radius 1 is 1.12 bits per heavy atom. The number of ether oxygens (including phenoxy) is 1. The number of fused-ring (bicyclic) bond motifs is 2. The van der Waals surface area contributed by atoms with E-state index < -0.39 is 6.09 Å². The van der Waals surface area contributed by atoms with Crippen molar-refractivity contribution in [2.45, 2.75) is 12.8 Å². The highest BCUT2D eigenvalue weighted by Crippen LogP contribution is 2.37. The van der Waals surface area contributed by atoms with Crippen molar-refractivity contribution in [1.29, 1.82) is 0 Å². The quantitative estimate of drug-likeness (QED) is 0.750. The predicted molar refractivity (Wildman–Crippen MR) is 105 cm³/mol. The molecule has 0 atom stereocenters. The summed E-state index contributed by atoms with van der Waals surface area (Å²) in [6, 6.07) is 15.2. The SMILES string of the molecule is O=C(Nc1ccc(Cl)cc1)OCC1=C2C=CCC=C2Cc2ccccc21. The molecular formula is C22H18ClNO2. The van der Waals surface area contributed by atoms with E-state index in [-0.39, 0.29) is 6.61 Å². The van der Waals surface area contributed by atoms with Gasteiger partial charge in [0.2, 0.25) is 0 Å². The van der Waals surface area contributed by atoms with Gasteiger partial charge in [0.1, 0.15) is 6.61 Å². The fourth-order valence-corrected chi connectivity index (χ4v) is 3.50. The molecule has 2 aliphatic rings. The maximum absolute atomic E-state index is 12.2. The molecule has 0 saturated heterocycles. The van der Waals surface area contributed by atoms with Crippen LogP contribution in [0.2, 0.25) is 5.02 Å². The second-order valence-corrected chi connectivity index (χ2v) is 6.74. The number of anilines is 1. The van der Waals surface area contributed by atoms with Crippen molar-refractivity contribution >= 4 is 29.0 Å². The highest BCUT2D eigenvalue weighted by atomic mass is 35.5. The van der Waals surface area contributed by atoms with Crippen LogP contribution in [0.25, 0.3) is 5.57 Å². The summed E-state index contributed by atoms with van der Waals surface area (Å²) >= 11 is 5.86. The van der Waals surface area contributed by atoms with E-state index >= 15 is 0 Å². The van der Waals surface area contributed by atoms with Crippen molar-refractivity contribution < 1.29 is 9.53 Å². The molecule has 2 aliphatic carbocycles. The molecule has 2 aromatic rings. The Morgan fingerprint density at radius 2 is 1.92 bits per heavy atom. The zero-order valence-electron chi connectivity index (χ0n) is 14.2. The van der Waals surface area contributed by atoms with Crippen molar-refractivity contribution in [2.24, 2.45) is 0 Å². The molecule has 0 unspecified atom stereocenters. The van der Waals surface area contributed by atoms with E-state index in [0.717, 1.165) is 24.0 Å². The molecular weight excluding hydrogens is 346 g/mol. The van der Waals surface area contributed by atoms with Gasteiger partial charge in [-0.2, -0.15) is 0 Å². The van der Waals surface area contributed by atoms with Crippen LogP contribution in [0.1, 0.15) is 17.5 Å². The van der Waals surface area contributed by atoms with E-state index in [0.29, 0.717) is 10.7 Å². The van der Waals surface area contributed by atoms with Crippen LogP contribution in [0.15, 0.2) is 77.9 Å². The van der Waals surface area contributed by atoms with Crippen molar-refractivity contribution in [1.82, 2.24) is 0 Å². The molecule has 130 valence electrons. The van der Waals surface area contributed by atoms with Gasteiger partial charge in [-0.15, -0.1) is 0 Å². The predicted octanol–water partition coefficient (Wildman–Crippen LogP) is 5.78. The number of allylic oxidation sites excluding steroid dienone is 5. The Balaban J connectivity index is 1.54. The van der Waals surface area contributed by atoms with Crippen LogP contribution in [0.4, 0.5) is 10.5 Å². The summed E-state index contributed by atoms with van der Waals surface area (Å²) in [5.41, 5.74) is 6.62. The number of halogens is 1. The summed E-state index contributed by atoms with van der Waals surface area (Å²) in [7, 11) is 0. The molecule has 0 fully saturated rings. The van der Waals surface area contributed by atoms with Gasteiger partial charge in [0.05, 0.1) is 0 Å². The van der Waals surface area contributed by atoms with Gasteiger partial charge in [-0.25, -0.2) is 4.79 Å². The van der Waals surface area contributed by atoms with Crippen molar-refractivity contribution in [3.05, 3.63) is 94.1 Å². The van der Waals surface area contributed by atoms with Gasteiger partial charge in [0.25, 0.3) is 0 Å². The van der Waals surface area contributed by atoms with Gasteiger partial charge < -0.3 is 4.74 Å². The summed E-state index contributed by atoms with van der Waals surface area (Å²) in [6.07, 6.45) is 7.93. The van der Waals surface area contributed by atoms with Gasteiger partial charge in [-0.1, -0.05) is 54.1 Å². The van der Waals surface area contributed by atoms with E-state index in [9.17, 15) is 4.79 Å². The lowest BCUT2D eigenvalue weighted by atomic mass is 9.80. The first-order valence-corrected chi connectivity index (χ1v) is 8.95. The van der Waals surface area contributed by atoms with Crippen LogP contribution in [0, 0.1) is 0 Å². The van der Waals surface area contributed by atoms with Crippen molar-refractivity contribution in [2.75, 3.05) is 11.9 Å². The van der Waals surface area contributed by atoms with Crippen molar-refractivity contribution in [3.63, 3.8) is 0 Å². The molecule has 2 aromatic carbocycles. The molecule has 0 bridgehead atoms. The van der Waals surface area contributed by atoms with Gasteiger partial charge >= 0.3 is 6.09 Å². The van der Waals surface area contributed by atoms with Crippen LogP contribution >= 0.6 is 11.6 Å². The molecule has 0 aromatic heterocycles. The summed E-state index contributed by atoms with van der Waals surface area (Å²) in [5, 5.41) is 3.35. The second kappa shape index (κ2) is 7.22. The van der Waals surface area contributed by atoms with Gasteiger partial charge in [-0.05, 0) is 59.4 Å². The highest BCUT2D eigenvalue weighted by Gasteiger charge is 2.23. The minimum absolute atomic E-state index is 0.230. The molecule has 1 amide bonds. The molecule has 1 N–H and O–H groups in total. The fourth-order valence-electron chi connectivity index (χ4n) is 3.37. The topological polar surface area (TPSA) is 38.3 Å². The molecule has 0 spiro atoms. The zero-order valence-corrected chi connectivity index (χ0v) is 14.9. The number of rotatable bonds is 3. The molecule has 0 heterocycles. The lowest BCUT2D eigenvalue weighted by molar-refractivity contribution is 0.176. The Morgan fingerprint density at radius 3 is 2.77 bits per heavy atom. The highest BCUT2D eigenvalue weighted by molar-refractivity contribution is 6.30. The number of nitrogens with one attached hydrogen (secondary N) is 1. The molecule has 26 heavy (non-hydrogen) atoms. The number of benzene rings is 2. The van der Waals surface area contributed by atoms with E-state index in [1.165, 1.54) is 16.7 Å². The first-order chi connectivity index (χ1) is 12.7. The van der Waals surface area contributed by atoms with Crippen LogP contribution in [-0.2, 0) is 11.2 Å². The average molecular weight is 364 g/mol. The molecule has 0 saturated carbocycles. The molecule has 0 aliphatic heterocycles. The van der Waals surface area contributed by atoms with Crippen LogP contribution < -0.4 is 5.32 Å². The van der Waals surface area contributed by atoms with E-state index in [2.05, 4.69) is 41.7 Å². The third kappa shape index (κ3) is 3.44. The Hall–Kier alpha value is -2.78. The van der Waals surface area contributed by atoms with Crippen molar-refractivity contribution in [3.8, 4) is 0 Å². The summed E-state index contributed by atoms with van der Waals surface area (Å²) in [4.78, 5) is 12.2. The Bertz CT molecular complexity index is 939. The van der Waals surface area contributed by atoms with Crippen LogP contribution in [0.5, 0.6) is 0 Å². The lowest BCUT2D eigenvalue weighted by Gasteiger charge is -2.26. The van der Waals surface area contributed by atoms with Crippen LogP contribution in [0.3, 0.4) is 0 Å². The molecule has 4 rings (SSSR count). The largest absolute Gasteiger partial charge is 0.444 e. The number of hydrogen-bond acceptors (Lipinski definition) is 2. The maximum Gasteiger partial charge on any atom is 0.411 e.